The first-order valence-corrected chi connectivity index (χ1v) is 17.9. The third-order valence-electron chi connectivity index (χ3n) is 10.4. The van der Waals surface area contributed by atoms with Crippen molar-refractivity contribution in [2.75, 3.05) is 0 Å². The lowest BCUT2D eigenvalue weighted by Crippen LogP contribution is -2.08. The minimum Gasteiger partial charge on any atom is -0.203 e. The van der Waals surface area contributed by atoms with Crippen LogP contribution in [0, 0.1) is 160 Å². The van der Waals surface area contributed by atoms with E-state index < -0.39 is 136 Å². The van der Waals surface area contributed by atoms with Gasteiger partial charge in [0.25, 0.3) is 0 Å². The molecule has 2 aliphatic rings. The van der Waals surface area contributed by atoms with Gasteiger partial charge in [0.15, 0.2) is 46.5 Å². The lowest BCUT2D eigenvalue weighted by molar-refractivity contribution is 0.447. The molecule has 0 atom stereocenters. The minimum absolute atomic E-state index is 0.276. The van der Waals surface area contributed by atoms with Crippen molar-refractivity contribution in [1.82, 2.24) is 0 Å². The van der Waals surface area contributed by atoms with Crippen LogP contribution in [0.2, 0.25) is 0 Å². The van der Waals surface area contributed by atoms with E-state index in [9.17, 15) is 52.6 Å². The largest absolute Gasteiger partial charge is 0.203 e. The summed E-state index contributed by atoms with van der Waals surface area (Å²) in [6.07, 6.45) is 0. The monoisotopic (exact) mass is 876 g/mol. The summed E-state index contributed by atoms with van der Waals surface area (Å²) in [5.74, 6) is -18.0. The van der Waals surface area contributed by atoms with Crippen LogP contribution in [0.15, 0.2) is 48.5 Å². The summed E-state index contributed by atoms with van der Waals surface area (Å²) >= 11 is 0. The zero-order chi connectivity index (χ0) is 48.0. The molecule has 0 N–H and O–H groups in total. The number of allylic oxidation sites excluding steroid dienone is 8. The Labute approximate surface area is 365 Å². The van der Waals surface area contributed by atoms with Crippen molar-refractivity contribution in [2.45, 2.75) is 0 Å². The molecule has 0 heterocycles. The van der Waals surface area contributed by atoms with Gasteiger partial charge in [-0.1, -0.05) is 0 Å². The summed E-state index contributed by atoms with van der Waals surface area (Å²) in [6.45, 7) is 0. The second-order valence-corrected chi connectivity index (χ2v) is 13.7. The van der Waals surface area contributed by atoms with Crippen molar-refractivity contribution in [2.24, 2.45) is 0 Å². The molecule has 5 aromatic rings. The first kappa shape index (κ1) is 43.5. The fraction of sp³-hybridized carbons (Fsp3) is 0. The molecule has 306 valence electrons. The molecular weight excluding hydrogens is 869 g/mol. The Kier molecular flexibility index (Phi) is 10.8. The van der Waals surface area contributed by atoms with Gasteiger partial charge in [-0.2, -0.15) is 52.6 Å². The molecule has 7 rings (SSSR count). The molecule has 66 heavy (non-hydrogen) atoms. The Balaban J connectivity index is 1.77. The van der Waals surface area contributed by atoms with E-state index in [1.807, 2.05) is 0 Å². The fourth-order valence-electron chi connectivity index (χ4n) is 7.70. The van der Waals surface area contributed by atoms with Crippen LogP contribution in [0.4, 0.5) is 35.1 Å². The molecule has 0 fully saturated rings. The number of hydrogen-bond acceptors (Lipinski definition) is 10. The van der Waals surface area contributed by atoms with E-state index in [0.717, 1.165) is 60.7 Å². The highest BCUT2D eigenvalue weighted by molar-refractivity contribution is 6.34. The summed E-state index contributed by atoms with van der Waals surface area (Å²) < 4.78 is 127. The summed E-state index contributed by atoms with van der Waals surface area (Å²) in [7, 11) is 0. The molecule has 0 saturated heterocycles. The first-order chi connectivity index (χ1) is 31.6. The van der Waals surface area contributed by atoms with Gasteiger partial charge in [0.05, 0.1) is 80.0 Å². The van der Waals surface area contributed by atoms with Gasteiger partial charge >= 0.3 is 0 Å². The van der Waals surface area contributed by atoms with Crippen LogP contribution in [-0.2, 0) is 0 Å². The molecule has 0 unspecified atom stereocenters. The van der Waals surface area contributed by atoms with Crippen LogP contribution < -0.4 is 0 Å². The van der Waals surface area contributed by atoms with E-state index in [-0.39, 0.29) is 33.4 Å². The molecule has 0 amide bonds. The van der Waals surface area contributed by atoms with E-state index in [2.05, 4.69) is 0 Å². The van der Waals surface area contributed by atoms with Crippen molar-refractivity contribution in [3.05, 3.63) is 173 Å². The molecule has 0 radical (unpaired) electrons. The Morgan fingerprint density at radius 1 is 0.318 bits per heavy atom. The third kappa shape index (κ3) is 6.23. The van der Waals surface area contributed by atoms with Gasteiger partial charge in [-0.25, -0.2) is 35.1 Å². The predicted molar refractivity (Wildman–Crippen MR) is 210 cm³/mol. The number of rotatable bonds is 4. The first-order valence-electron chi connectivity index (χ1n) is 17.9. The Hall–Kier alpha value is -10.6. The standard InChI is InChI=1S/C48H8F8N10/c49-41-33(17-65)42(50)46(54)39(45(41)53)37-31(15-63)25-7-26-28(8-27(25)35(37)29(13-61)23-3-19(9-57)1-20(4-23)10-58)36(30(14-62)24-5-21(11-59)2-22(6-24)12-60)38(32(26)16-64)40-47(55)43(51)34(18-66)44(52)48(40)56/h1-8H/b35-29-,36-30-. The molecule has 0 spiro atoms. The molecule has 18 heteroatoms. The number of benzene rings is 5. The third-order valence-corrected chi connectivity index (χ3v) is 10.4. The predicted octanol–water partition coefficient (Wildman–Crippen LogP) is 9.79. The van der Waals surface area contributed by atoms with Gasteiger partial charge in [0.1, 0.15) is 47.5 Å². The zero-order valence-corrected chi connectivity index (χ0v) is 32.1. The number of nitrogens with zero attached hydrogens (tertiary/aromatic N) is 10. The average Bonchev–Trinajstić information content (AvgIpc) is 3.80. The van der Waals surface area contributed by atoms with Gasteiger partial charge in [-0.05, 0) is 70.8 Å². The van der Waals surface area contributed by atoms with Crippen LogP contribution in [0.5, 0.6) is 0 Å². The Morgan fingerprint density at radius 2 is 0.606 bits per heavy atom. The van der Waals surface area contributed by atoms with Gasteiger partial charge in [-0.15, -0.1) is 0 Å². The zero-order valence-electron chi connectivity index (χ0n) is 32.1. The maximum absolute atomic E-state index is 16.2. The topological polar surface area (TPSA) is 238 Å². The van der Waals surface area contributed by atoms with Crippen LogP contribution in [-0.4, -0.2) is 0 Å². The van der Waals surface area contributed by atoms with E-state index in [4.69, 9.17) is 0 Å². The summed E-state index contributed by atoms with van der Waals surface area (Å²) in [4.78, 5) is 0. The number of fused-ring (bicyclic) bond motifs is 2. The van der Waals surface area contributed by atoms with Gasteiger partial charge in [-0.3, -0.25) is 0 Å². The second-order valence-electron chi connectivity index (χ2n) is 13.7. The number of nitriles is 10. The fourth-order valence-corrected chi connectivity index (χ4v) is 7.70. The highest BCUT2D eigenvalue weighted by Crippen LogP contribution is 2.57. The van der Waals surface area contributed by atoms with Crippen LogP contribution in [0.3, 0.4) is 0 Å². The molecule has 0 aliphatic heterocycles. The Bertz CT molecular complexity index is 3440. The van der Waals surface area contributed by atoms with Crippen LogP contribution in [0.25, 0.3) is 44.6 Å². The minimum atomic E-state index is -2.25. The van der Waals surface area contributed by atoms with Crippen LogP contribution in [0.1, 0.15) is 77.9 Å². The molecule has 0 aromatic heterocycles. The van der Waals surface area contributed by atoms with Gasteiger partial charge in [0.2, 0.25) is 0 Å². The Morgan fingerprint density at radius 3 is 0.848 bits per heavy atom. The smallest absolute Gasteiger partial charge is 0.180 e. The van der Waals surface area contributed by atoms with E-state index in [1.165, 1.54) is 0 Å². The maximum Gasteiger partial charge on any atom is 0.180 e. The molecule has 10 nitrogen and oxygen atoms in total. The van der Waals surface area contributed by atoms with Crippen molar-refractivity contribution in [1.29, 1.82) is 52.6 Å². The van der Waals surface area contributed by atoms with Gasteiger partial charge < -0.3 is 0 Å². The normalized spacial score (nSPS) is 13.5. The lowest BCUT2D eigenvalue weighted by Gasteiger charge is -2.17. The van der Waals surface area contributed by atoms with E-state index in [0.29, 0.717) is 0 Å². The molecule has 0 saturated carbocycles. The summed E-state index contributed by atoms with van der Waals surface area (Å²) in [6, 6.07) is 23.5. The molecule has 2 aliphatic carbocycles. The van der Waals surface area contributed by atoms with Crippen LogP contribution >= 0.6 is 0 Å². The van der Waals surface area contributed by atoms with E-state index in [1.54, 1.807) is 48.6 Å². The molecular formula is C48H8F8N10. The average molecular weight is 877 g/mol. The van der Waals surface area contributed by atoms with Crippen molar-refractivity contribution in [3.8, 4) is 60.7 Å². The van der Waals surface area contributed by atoms with Crippen molar-refractivity contribution in [3.63, 3.8) is 0 Å². The SMILES string of the molecule is N#CC1=C(c2c(F)c(F)c(C#N)c(F)c2F)/C(=C(/C#N)c2cc(C#N)cc(C#N)c2)c2cc3c(cc21)C(C#N)=C(c1c(F)c(F)c(C#N)c(F)c1F)/C3=C(/C#N)c1cc(C#N)cc(C#N)c1. The quantitative estimate of drug-likeness (QED) is 0.0940. The van der Waals surface area contributed by atoms with E-state index >= 15 is 35.1 Å². The van der Waals surface area contributed by atoms with Crippen molar-refractivity contribution >= 4 is 44.6 Å². The van der Waals surface area contributed by atoms with Gasteiger partial charge in [0, 0.05) is 33.4 Å². The highest BCUT2D eigenvalue weighted by atomic mass is 19.2. The second kappa shape index (κ2) is 16.4. The molecule has 5 aromatic carbocycles. The molecule has 0 bridgehead atoms. The maximum atomic E-state index is 16.2. The highest BCUT2D eigenvalue weighted by Gasteiger charge is 2.42. The van der Waals surface area contributed by atoms with Crippen molar-refractivity contribution < 1.29 is 35.1 Å². The lowest BCUT2D eigenvalue weighted by atomic mass is 9.85. The number of halogens is 8. The number of hydrogen-bond donors (Lipinski definition) is 0. The summed E-state index contributed by atoms with van der Waals surface area (Å²) in [5.41, 5.74) is -17.9. The summed E-state index contributed by atoms with van der Waals surface area (Å²) in [5, 5.41) is 101.